The largest absolute Gasteiger partial charge is 0.493 e. The Morgan fingerprint density at radius 3 is 2.60 bits per heavy atom. The average molecular weight is 425 g/mol. The van der Waals surface area contributed by atoms with Crippen LogP contribution in [0.5, 0.6) is 5.75 Å². The third-order valence-corrected chi connectivity index (χ3v) is 5.32. The molecule has 156 valence electrons. The molecule has 1 aliphatic rings. The van der Waals surface area contributed by atoms with Crippen LogP contribution >= 0.6 is 11.8 Å². The number of methoxy groups -OCH3 is 1. The zero-order valence-corrected chi connectivity index (χ0v) is 18.2. The monoisotopic (exact) mass is 424 g/mol. The van der Waals surface area contributed by atoms with Crippen molar-refractivity contribution in [3.63, 3.8) is 0 Å². The van der Waals surface area contributed by atoms with E-state index in [2.05, 4.69) is 18.8 Å². The first-order valence-electron chi connectivity index (χ1n) is 9.55. The van der Waals surface area contributed by atoms with Crippen molar-refractivity contribution >= 4 is 40.6 Å². The van der Waals surface area contributed by atoms with Crippen LogP contribution in [0, 0.1) is 5.92 Å². The van der Waals surface area contributed by atoms with Gasteiger partial charge in [0, 0.05) is 7.05 Å². The Morgan fingerprint density at radius 1 is 1.20 bits per heavy atom. The molecule has 7 heteroatoms. The van der Waals surface area contributed by atoms with Gasteiger partial charge in [-0.05, 0) is 59.7 Å². The minimum atomic E-state index is -0.429. The molecule has 1 amide bonds. The maximum Gasteiger partial charge on any atom is 0.337 e. The topological polar surface area (TPSA) is 68.2 Å². The van der Waals surface area contributed by atoms with E-state index in [-0.39, 0.29) is 5.91 Å². The van der Waals surface area contributed by atoms with Gasteiger partial charge in [0.1, 0.15) is 5.75 Å². The summed E-state index contributed by atoms with van der Waals surface area (Å²) >= 11 is 1.29. The summed E-state index contributed by atoms with van der Waals surface area (Å²) in [4.78, 5) is 31.0. The van der Waals surface area contributed by atoms with Crippen LogP contribution in [0.15, 0.2) is 58.4 Å². The normalized spacial score (nSPS) is 16.6. The molecule has 1 heterocycles. The van der Waals surface area contributed by atoms with Crippen molar-refractivity contribution in [3.05, 3.63) is 64.6 Å². The molecule has 0 saturated carbocycles. The van der Waals surface area contributed by atoms with Gasteiger partial charge in [-0.2, -0.15) is 0 Å². The highest BCUT2D eigenvalue weighted by molar-refractivity contribution is 8.18. The van der Waals surface area contributed by atoms with Gasteiger partial charge in [0.05, 0.1) is 29.9 Å². The molecule has 1 aliphatic heterocycles. The van der Waals surface area contributed by atoms with E-state index in [0.717, 1.165) is 11.3 Å². The number of ether oxygens (including phenoxy) is 2. The van der Waals surface area contributed by atoms with Gasteiger partial charge in [0.2, 0.25) is 0 Å². The minimum absolute atomic E-state index is 0.122. The van der Waals surface area contributed by atoms with Gasteiger partial charge in [-0.15, -0.1) is 0 Å². The first-order valence-corrected chi connectivity index (χ1v) is 10.4. The lowest BCUT2D eigenvalue weighted by Crippen LogP contribution is -2.23. The Kier molecular flexibility index (Phi) is 6.95. The van der Waals surface area contributed by atoms with Crippen molar-refractivity contribution < 1.29 is 19.1 Å². The second-order valence-electron chi connectivity index (χ2n) is 7.18. The molecule has 0 aromatic heterocycles. The van der Waals surface area contributed by atoms with Gasteiger partial charge in [-0.1, -0.05) is 32.0 Å². The Balaban J connectivity index is 1.77. The van der Waals surface area contributed by atoms with Crippen molar-refractivity contribution in [1.29, 1.82) is 0 Å². The predicted octanol–water partition coefficient (Wildman–Crippen LogP) is 4.74. The maximum absolute atomic E-state index is 12.6. The summed E-state index contributed by atoms with van der Waals surface area (Å²) in [5.74, 6) is 0.715. The molecule has 30 heavy (non-hydrogen) atoms. The summed E-state index contributed by atoms with van der Waals surface area (Å²) in [6.45, 7) is 4.86. The molecule has 0 radical (unpaired) electrons. The van der Waals surface area contributed by atoms with E-state index in [1.54, 1.807) is 31.3 Å². The number of thioether (sulfide) groups is 1. The van der Waals surface area contributed by atoms with Crippen LogP contribution in [0.4, 0.5) is 5.69 Å². The third-order valence-electron chi connectivity index (χ3n) is 4.26. The Bertz CT molecular complexity index is 997. The minimum Gasteiger partial charge on any atom is -0.493 e. The molecule has 0 spiro atoms. The number of carbonyl (C=O) groups is 2. The first-order chi connectivity index (χ1) is 14.4. The van der Waals surface area contributed by atoms with Gasteiger partial charge >= 0.3 is 5.97 Å². The van der Waals surface area contributed by atoms with Gasteiger partial charge in [-0.3, -0.25) is 9.69 Å². The molecule has 0 unspecified atom stereocenters. The highest BCUT2D eigenvalue weighted by Crippen LogP contribution is 2.33. The lowest BCUT2D eigenvalue weighted by Gasteiger charge is -2.08. The summed E-state index contributed by atoms with van der Waals surface area (Å²) in [5.41, 5.74) is 1.89. The number of aliphatic imine (C=N–C) groups is 1. The Morgan fingerprint density at radius 2 is 1.93 bits per heavy atom. The zero-order valence-electron chi connectivity index (χ0n) is 17.4. The molecular weight excluding hydrogens is 400 g/mol. The molecule has 6 nitrogen and oxygen atoms in total. The van der Waals surface area contributed by atoms with E-state index >= 15 is 0 Å². The number of likely N-dealkylation sites (N-methyl/N-ethyl adjacent to an activating group) is 1. The molecule has 0 bridgehead atoms. The summed E-state index contributed by atoms with van der Waals surface area (Å²) in [7, 11) is 3.02. The van der Waals surface area contributed by atoms with Gasteiger partial charge in [0.25, 0.3) is 5.91 Å². The van der Waals surface area contributed by atoms with Crippen LogP contribution in [-0.4, -0.2) is 42.7 Å². The average Bonchev–Trinajstić information content (AvgIpc) is 3.00. The fourth-order valence-electron chi connectivity index (χ4n) is 2.66. The Labute approximate surface area is 180 Å². The maximum atomic E-state index is 12.6. The van der Waals surface area contributed by atoms with E-state index in [9.17, 15) is 9.59 Å². The highest BCUT2D eigenvalue weighted by Gasteiger charge is 2.30. The molecule has 2 aromatic carbocycles. The summed E-state index contributed by atoms with van der Waals surface area (Å²) < 4.78 is 10.4. The smallest absolute Gasteiger partial charge is 0.337 e. The molecule has 0 aliphatic carbocycles. The lowest BCUT2D eigenvalue weighted by atomic mass is 10.2. The number of benzene rings is 2. The first kappa shape index (κ1) is 21.6. The van der Waals surface area contributed by atoms with Crippen molar-refractivity contribution in [2.45, 2.75) is 13.8 Å². The van der Waals surface area contributed by atoms with Crippen LogP contribution in [-0.2, 0) is 9.53 Å². The van der Waals surface area contributed by atoms with E-state index in [1.807, 2.05) is 30.3 Å². The molecule has 0 atom stereocenters. The van der Waals surface area contributed by atoms with Crippen LogP contribution in [0.3, 0.4) is 0 Å². The summed E-state index contributed by atoms with van der Waals surface area (Å²) in [6, 6.07) is 14.4. The second kappa shape index (κ2) is 9.63. The van der Waals surface area contributed by atoms with Crippen LogP contribution in [0.1, 0.15) is 29.8 Å². The SMILES string of the molecule is COC(=O)c1cccc(N=C2SC(=Cc3ccc(OCC(C)C)cc3)C(=O)N2C)c1. The van der Waals surface area contributed by atoms with E-state index in [4.69, 9.17) is 9.47 Å². The van der Waals surface area contributed by atoms with Gasteiger partial charge in [0.15, 0.2) is 5.17 Å². The highest BCUT2D eigenvalue weighted by atomic mass is 32.2. The fourth-order valence-corrected chi connectivity index (χ4v) is 3.64. The number of amidine groups is 1. The van der Waals surface area contributed by atoms with Crippen molar-refractivity contribution in [2.24, 2.45) is 10.9 Å². The van der Waals surface area contributed by atoms with Gasteiger partial charge in [-0.25, -0.2) is 9.79 Å². The van der Waals surface area contributed by atoms with Gasteiger partial charge < -0.3 is 9.47 Å². The molecule has 1 saturated heterocycles. The van der Waals surface area contributed by atoms with Crippen LogP contribution < -0.4 is 4.74 Å². The van der Waals surface area contributed by atoms with E-state index in [0.29, 0.717) is 33.8 Å². The number of amides is 1. The number of nitrogens with zero attached hydrogens (tertiary/aromatic N) is 2. The number of rotatable bonds is 6. The Hall–Kier alpha value is -3.06. The molecular formula is C23H24N2O4S. The molecule has 0 N–H and O–H groups in total. The quantitative estimate of drug-likeness (QED) is 0.495. The van der Waals surface area contributed by atoms with Crippen molar-refractivity contribution in [2.75, 3.05) is 20.8 Å². The second-order valence-corrected chi connectivity index (χ2v) is 8.19. The summed E-state index contributed by atoms with van der Waals surface area (Å²) in [6.07, 6.45) is 1.84. The van der Waals surface area contributed by atoms with Crippen LogP contribution in [0.25, 0.3) is 6.08 Å². The third kappa shape index (κ3) is 5.30. The molecule has 3 rings (SSSR count). The van der Waals surface area contributed by atoms with E-state index < -0.39 is 5.97 Å². The van der Waals surface area contributed by atoms with Crippen LogP contribution in [0.2, 0.25) is 0 Å². The molecule has 1 fully saturated rings. The van der Waals surface area contributed by atoms with Crippen molar-refractivity contribution in [1.82, 2.24) is 4.90 Å². The molecule has 2 aromatic rings. The number of hydrogen-bond donors (Lipinski definition) is 0. The summed E-state index contributed by atoms with van der Waals surface area (Å²) in [5, 5.41) is 0.546. The van der Waals surface area contributed by atoms with E-state index in [1.165, 1.54) is 23.8 Å². The zero-order chi connectivity index (χ0) is 21.7. The predicted molar refractivity (Wildman–Crippen MR) is 120 cm³/mol. The standard InChI is InChI=1S/C23H24N2O4S/c1-15(2)14-29-19-10-8-16(9-11-19)12-20-21(26)25(3)23(30-20)24-18-7-5-6-17(13-18)22(27)28-4/h5-13,15H,14H2,1-4H3. The number of carbonyl (C=O) groups excluding carboxylic acids is 2. The number of esters is 1. The number of hydrogen-bond acceptors (Lipinski definition) is 6. The lowest BCUT2D eigenvalue weighted by molar-refractivity contribution is -0.121. The van der Waals surface area contributed by atoms with Crippen molar-refractivity contribution in [3.8, 4) is 5.75 Å². The fraction of sp³-hybridized carbons (Fsp3) is 0.261.